The number of hydrogen-bond donors (Lipinski definition) is 0. The van der Waals surface area contributed by atoms with Gasteiger partial charge in [-0.1, -0.05) is 12.1 Å². The molecule has 0 aromatic heterocycles. The van der Waals surface area contributed by atoms with Crippen LogP contribution < -0.4 is 9.64 Å². The number of rotatable bonds is 4. The van der Waals surface area contributed by atoms with Gasteiger partial charge in [-0.15, -0.1) is 0 Å². The molecular weight excluding hydrogens is 379 g/mol. The maximum Gasteiger partial charge on any atom is 0.243 e. The van der Waals surface area contributed by atoms with Gasteiger partial charge < -0.3 is 9.64 Å². The van der Waals surface area contributed by atoms with Gasteiger partial charge in [-0.2, -0.15) is 4.31 Å². The molecule has 0 aliphatic carbocycles. The van der Waals surface area contributed by atoms with Gasteiger partial charge in [0.2, 0.25) is 10.0 Å². The lowest BCUT2D eigenvalue weighted by Gasteiger charge is -2.35. The van der Waals surface area contributed by atoms with Crippen molar-refractivity contribution >= 4 is 26.5 Å². The van der Waals surface area contributed by atoms with Gasteiger partial charge in [0.05, 0.1) is 12.0 Å². The van der Waals surface area contributed by atoms with E-state index in [2.05, 4.69) is 4.90 Å². The average molecular weight is 400 g/mol. The maximum absolute atomic E-state index is 13.1. The molecule has 28 heavy (non-hydrogen) atoms. The van der Waals surface area contributed by atoms with Gasteiger partial charge in [0.15, 0.2) is 0 Å². The molecule has 3 aromatic rings. The molecule has 4 rings (SSSR count). The molecule has 0 saturated carbocycles. The first-order valence-corrected chi connectivity index (χ1v) is 10.5. The molecule has 1 saturated heterocycles. The van der Waals surface area contributed by atoms with E-state index < -0.39 is 10.0 Å². The van der Waals surface area contributed by atoms with Crippen molar-refractivity contribution in [3.05, 3.63) is 66.5 Å². The Kier molecular flexibility index (Phi) is 4.95. The van der Waals surface area contributed by atoms with Gasteiger partial charge in [0.25, 0.3) is 0 Å². The van der Waals surface area contributed by atoms with E-state index in [4.69, 9.17) is 4.74 Å². The van der Waals surface area contributed by atoms with Crippen molar-refractivity contribution in [3.8, 4) is 5.75 Å². The van der Waals surface area contributed by atoms with Gasteiger partial charge in [-0.05, 0) is 59.3 Å². The minimum Gasteiger partial charge on any atom is -0.497 e. The van der Waals surface area contributed by atoms with Crippen LogP contribution in [0.1, 0.15) is 0 Å². The third-order valence-electron chi connectivity index (χ3n) is 5.09. The highest BCUT2D eigenvalue weighted by Crippen LogP contribution is 2.26. The Hall–Kier alpha value is -2.64. The first-order valence-electron chi connectivity index (χ1n) is 9.06. The number of nitrogens with zero attached hydrogens (tertiary/aromatic N) is 2. The van der Waals surface area contributed by atoms with Crippen molar-refractivity contribution in [2.24, 2.45) is 0 Å². The van der Waals surface area contributed by atoms with Crippen LogP contribution in [-0.2, 0) is 10.0 Å². The zero-order valence-corrected chi connectivity index (χ0v) is 16.3. The Labute approximate surface area is 164 Å². The molecule has 0 bridgehead atoms. The highest BCUT2D eigenvalue weighted by molar-refractivity contribution is 7.89. The lowest BCUT2D eigenvalue weighted by atomic mass is 10.1. The van der Waals surface area contributed by atoms with Gasteiger partial charge in [0.1, 0.15) is 11.6 Å². The van der Waals surface area contributed by atoms with Crippen LogP contribution in [0.15, 0.2) is 65.6 Å². The third kappa shape index (κ3) is 3.55. The average Bonchev–Trinajstić information content (AvgIpc) is 2.73. The SMILES string of the molecule is COc1ccc2cc(S(=O)(=O)N3CCN(c4ccc(F)cc4)CC3)ccc2c1. The van der Waals surface area contributed by atoms with Crippen molar-refractivity contribution in [3.63, 3.8) is 0 Å². The normalized spacial score (nSPS) is 15.7. The predicted molar refractivity (Wildman–Crippen MR) is 108 cm³/mol. The molecule has 1 aliphatic heterocycles. The Bertz CT molecular complexity index is 1090. The van der Waals surface area contributed by atoms with Gasteiger partial charge in [0, 0.05) is 31.9 Å². The fraction of sp³-hybridized carbons (Fsp3) is 0.238. The number of anilines is 1. The van der Waals surface area contributed by atoms with Crippen molar-refractivity contribution in [2.45, 2.75) is 4.90 Å². The van der Waals surface area contributed by atoms with Gasteiger partial charge >= 0.3 is 0 Å². The summed E-state index contributed by atoms with van der Waals surface area (Å²) in [5.74, 6) is 0.457. The summed E-state index contributed by atoms with van der Waals surface area (Å²) in [6.45, 7) is 1.91. The fourth-order valence-electron chi connectivity index (χ4n) is 3.48. The summed E-state index contributed by atoms with van der Waals surface area (Å²) in [5, 5.41) is 1.78. The van der Waals surface area contributed by atoms with Crippen LogP contribution in [-0.4, -0.2) is 46.0 Å². The van der Waals surface area contributed by atoms with Gasteiger partial charge in [-0.25, -0.2) is 12.8 Å². The summed E-state index contributed by atoms with van der Waals surface area (Å²) >= 11 is 0. The maximum atomic E-state index is 13.1. The van der Waals surface area contributed by atoms with Crippen LogP contribution in [0.4, 0.5) is 10.1 Å². The molecule has 0 amide bonds. The first-order chi connectivity index (χ1) is 13.5. The number of ether oxygens (including phenoxy) is 1. The number of piperazine rings is 1. The summed E-state index contributed by atoms with van der Waals surface area (Å²) in [6.07, 6.45) is 0. The van der Waals surface area contributed by atoms with Crippen molar-refractivity contribution in [1.29, 1.82) is 0 Å². The van der Waals surface area contributed by atoms with E-state index >= 15 is 0 Å². The lowest BCUT2D eigenvalue weighted by Crippen LogP contribution is -2.48. The van der Waals surface area contributed by atoms with Crippen LogP contribution >= 0.6 is 0 Å². The zero-order chi connectivity index (χ0) is 19.7. The minimum atomic E-state index is -3.57. The molecule has 146 valence electrons. The Morgan fingerprint density at radius 1 is 0.857 bits per heavy atom. The van der Waals surface area contributed by atoms with Crippen LogP contribution in [0, 0.1) is 5.82 Å². The molecule has 1 aliphatic rings. The largest absolute Gasteiger partial charge is 0.497 e. The van der Waals surface area contributed by atoms with E-state index in [-0.39, 0.29) is 5.82 Å². The number of benzene rings is 3. The molecule has 3 aromatic carbocycles. The molecule has 0 atom stereocenters. The quantitative estimate of drug-likeness (QED) is 0.673. The molecule has 1 fully saturated rings. The van der Waals surface area contributed by atoms with Crippen molar-refractivity contribution < 1.29 is 17.5 Å². The second kappa shape index (κ2) is 7.41. The molecule has 0 N–H and O–H groups in total. The van der Waals surface area contributed by atoms with E-state index in [0.717, 1.165) is 22.2 Å². The molecule has 1 heterocycles. The van der Waals surface area contributed by atoms with E-state index in [1.54, 1.807) is 37.4 Å². The highest BCUT2D eigenvalue weighted by atomic mass is 32.2. The Morgan fingerprint density at radius 2 is 1.50 bits per heavy atom. The van der Waals surface area contributed by atoms with Crippen LogP contribution in [0.5, 0.6) is 5.75 Å². The van der Waals surface area contributed by atoms with Gasteiger partial charge in [-0.3, -0.25) is 0 Å². The second-order valence-electron chi connectivity index (χ2n) is 6.74. The standard InChI is InChI=1S/C21H21FN2O3S/c1-27-20-8-2-17-15-21(9-3-16(17)14-20)28(25,26)24-12-10-23(11-13-24)19-6-4-18(22)5-7-19/h2-9,14-15H,10-13H2,1H3. The molecule has 0 unspecified atom stereocenters. The monoisotopic (exact) mass is 400 g/mol. The summed E-state index contributed by atoms with van der Waals surface area (Å²) in [6, 6.07) is 17.0. The summed E-state index contributed by atoms with van der Waals surface area (Å²) in [5.41, 5.74) is 0.901. The second-order valence-corrected chi connectivity index (χ2v) is 8.68. The third-order valence-corrected chi connectivity index (χ3v) is 6.98. The number of fused-ring (bicyclic) bond motifs is 1. The Morgan fingerprint density at radius 3 is 2.18 bits per heavy atom. The zero-order valence-electron chi connectivity index (χ0n) is 15.5. The van der Waals surface area contributed by atoms with E-state index in [1.807, 2.05) is 18.2 Å². The summed E-state index contributed by atoms with van der Waals surface area (Å²) in [7, 11) is -1.96. The van der Waals surface area contributed by atoms with Crippen molar-refractivity contribution in [1.82, 2.24) is 4.31 Å². The molecule has 5 nitrogen and oxygen atoms in total. The van der Waals surface area contributed by atoms with E-state index in [1.165, 1.54) is 16.4 Å². The predicted octanol–water partition coefficient (Wildman–Crippen LogP) is 3.50. The van der Waals surface area contributed by atoms with E-state index in [0.29, 0.717) is 31.1 Å². The van der Waals surface area contributed by atoms with E-state index in [9.17, 15) is 12.8 Å². The van der Waals surface area contributed by atoms with Crippen LogP contribution in [0.3, 0.4) is 0 Å². The minimum absolute atomic E-state index is 0.279. The first kappa shape index (κ1) is 18.7. The van der Waals surface area contributed by atoms with Crippen LogP contribution in [0.25, 0.3) is 10.8 Å². The number of hydrogen-bond acceptors (Lipinski definition) is 4. The number of halogens is 1. The van der Waals surface area contributed by atoms with Crippen molar-refractivity contribution in [2.75, 3.05) is 38.2 Å². The fourth-order valence-corrected chi connectivity index (χ4v) is 4.94. The molecule has 0 radical (unpaired) electrons. The molecule has 0 spiro atoms. The smallest absolute Gasteiger partial charge is 0.243 e. The number of methoxy groups -OCH3 is 1. The topological polar surface area (TPSA) is 49.9 Å². The van der Waals surface area contributed by atoms with Crippen LogP contribution in [0.2, 0.25) is 0 Å². The summed E-state index contributed by atoms with van der Waals surface area (Å²) < 4.78 is 46.0. The lowest BCUT2D eigenvalue weighted by molar-refractivity contribution is 0.385. The molecular formula is C21H21FN2O3S. The molecule has 7 heteroatoms. The summed E-state index contributed by atoms with van der Waals surface area (Å²) in [4.78, 5) is 2.36. The highest BCUT2D eigenvalue weighted by Gasteiger charge is 2.28. The Balaban J connectivity index is 1.52. The number of sulfonamides is 1.